The van der Waals surface area contributed by atoms with Gasteiger partial charge >= 0.3 is 12.1 Å². The van der Waals surface area contributed by atoms with E-state index in [1.165, 1.54) is 13.5 Å². The molecule has 0 bridgehead atoms. The van der Waals surface area contributed by atoms with Crippen molar-refractivity contribution in [1.29, 1.82) is 0 Å². The second-order valence-electron chi connectivity index (χ2n) is 5.90. The molecule has 7 nitrogen and oxygen atoms in total. The quantitative estimate of drug-likeness (QED) is 0.690. The molecule has 9 heteroatoms. The standard InChI is InChI=1S/C13H17BrN2O5S.C3H8/c1-13(2,3)21-12(19)15-6-9(17)16-7-5-8(14)22-10(7)11(18)20-4;1-3-2/h5H,6H2,1-4H3,(H,15,19)(H,16,17);3H2,1-2H3. The molecule has 1 rings (SSSR count). The van der Waals surface area contributed by atoms with Crippen LogP contribution < -0.4 is 10.6 Å². The van der Waals surface area contributed by atoms with Crippen molar-refractivity contribution in [3.05, 3.63) is 14.7 Å². The lowest BCUT2D eigenvalue weighted by Gasteiger charge is -2.19. The van der Waals surface area contributed by atoms with Crippen LogP contribution in [0.1, 0.15) is 50.7 Å². The van der Waals surface area contributed by atoms with Crippen molar-refractivity contribution in [3.8, 4) is 0 Å². The first kappa shape index (κ1) is 23.4. The minimum atomic E-state index is -0.692. The molecule has 0 atom stereocenters. The van der Waals surface area contributed by atoms with Crippen molar-refractivity contribution < 1.29 is 23.9 Å². The van der Waals surface area contributed by atoms with Crippen molar-refractivity contribution >= 4 is 50.9 Å². The summed E-state index contributed by atoms with van der Waals surface area (Å²) in [5.74, 6) is -1.03. The van der Waals surface area contributed by atoms with Crippen LogP contribution in [0.4, 0.5) is 10.5 Å². The number of amides is 2. The monoisotopic (exact) mass is 436 g/mol. The Labute approximate surface area is 160 Å². The smallest absolute Gasteiger partial charge is 0.408 e. The van der Waals surface area contributed by atoms with Gasteiger partial charge < -0.3 is 20.1 Å². The second-order valence-corrected chi connectivity index (χ2v) is 8.33. The number of anilines is 1. The molecule has 1 aromatic heterocycles. The lowest BCUT2D eigenvalue weighted by Crippen LogP contribution is -2.37. The summed E-state index contributed by atoms with van der Waals surface area (Å²) in [5.41, 5.74) is -0.323. The molecule has 0 radical (unpaired) electrons. The van der Waals surface area contributed by atoms with Gasteiger partial charge in [0.15, 0.2) is 0 Å². The fraction of sp³-hybridized carbons (Fsp3) is 0.562. The van der Waals surface area contributed by atoms with E-state index < -0.39 is 23.6 Å². The number of ether oxygens (including phenoxy) is 2. The number of methoxy groups -OCH3 is 1. The van der Waals surface area contributed by atoms with Gasteiger partial charge in [-0.25, -0.2) is 9.59 Å². The van der Waals surface area contributed by atoms with E-state index in [-0.39, 0.29) is 11.4 Å². The van der Waals surface area contributed by atoms with E-state index >= 15 is 0 Å². The molecular formula is C16H25BrN2O5S. The van der Waals surface area contributed by atoms with Gasteiger partial charge in [0.2, 0.25) is 5.91 Å². The molecule has 1 heterocycles. The van der Waals surface area contributed by atoms with Gasteiger partial charge in [0.25, 0.3) is 0 Å². The zero-order chi connectivity index (χ0) is 19.6. The van der Waals surface area contributed by atoms with Crippen LogP contribution in [0, 0.1) is 0 Å². The number of carbonyl (C=O) groups is 3. The highest BCUT2D eigenvalue weighted by Gasteiger charge is 2.19. The van der Waals surface area contributed by atoms with Gasteiger partial charge in [-0.1, -0.05) is 20.3 Å². The van der Waals surface area contributed by atoms with Crippen LogP contribution in [-0.4, -0.2) is 37.2 Å². The summed E-state index contributed by atoms with van der Waals surface area (Å²) in [4.78, 5) is 35.1. The first-order valence-electron chi connectivity index (χ1n) is 7.68. The molecule has 0 aromatic carbocycles. The zero-order valence-electron chi connectivity index (χ0n) is 15.3. The Morgan fingerprint density at radius 2 is 1.80 bits per heavy atom. The normalized spacial score (nSPS) is 10.2. The van der Waals surface area contributed by atoms with Crippen LogP contribution in [0.5, 0.6) is 0 Å². The molecular weight excluding hydrogens is 412 g/mol. The van der Waals surface area contributed by atoms with Crippen molar-refractivity contribution in [2.24, 2.45) is 0 Å². The summed E-state index contributed by atoms with van der Waals surface area (Å²) in [6, 6.07) is 1.59. The molecule has 0 saturated carbocycles. The molecule has 0 saturated heterocycles. The number of rotatable bonds is 4. The molecule has 25 heavy (non-hydrogen) atoms. The number of thiophene rings is 1. The Balaban J connectivity index is 0.00000178. The summed E-state index contributed by atoms with van der Waals surface area (Å²) < 4.78 is 10.3. The summed E-state index contributed by atoms with van der Waals surface area (Å²) in [6.07, 6.45) is 0.558. The Kier molecular flexibility index (Phi) is 10.4. The largest absolute Gasteiger partial charge is 0.465 e. The molecule has 2 amide bonds. The minimum Gasteiger partial charge on any atom is -0.465 e. The first-order chi connectivity index (χ1) is 11.5. The summed E-state index contributed by atoms with van der Waals surface area (Å²) in [6.45, 7) is 9.14. The van der Waals surface area contributed by atoms with Crippen LogP contribution in [0.3, 0.4) is 0 Å². The number of carbonyl (C=O) groups excluding carboxylic acids is 3. The van der Waals surface area contributed by atoms with Gasteiger partial charge in [-0.15, -0.1) is 11.3 Å². The highest BCUT2D eigenvalue weighted by atomic mass is 79.9. The lowest BCUT2D eigenvalue weighted by atomic mass is 10.2. The number of halogens is 1. The van der Waals surface area contributed by atoms with E-state index in [4.69, 9.17) is 4.74 Å². The van der Waals surface area contributed by atoms with E-state index in [1.54, 1.807) is 26.8 Å². The van der Waals surface area contributed by atoms with Gasteiger partial charge in [-0.2, -0.15) is 0 Å². The lowest BCUT2D eigenvalue weighted by molar-refractivity contribution is -0.115. The highest BCUT2D eigenvalue weighted by Crippen LogP contribution is 2.31. The zero-order valence-corrected chi connectivity index (χ0v) is 17.7. The Morgan fingerprint density at radius 1 is 1.24 bits per heavy atom. The predicted molar refractivity (Wildman–Crippen MR) is 102 cm³/mol. The van der Waals surface area contributed by atoms with E-state index in [0.29, 0.717) is 9.47 Å². The first-order valence-corrected chi connectivity index (χ1v) is 9.29. The van der Waals surface area contributed by atoms with Crippen LogP contribution in [0.25, 0.3) is 0 Å². The SMILES string of the molecule is CCC.COC(=O)c1sc(Br)cc1NC(=O)CNC(=O)OC(C)(C)C. The van der Waals surface area contributed by atoms with Crippen LogP contribution in [-0.2, 0) is 14.3 Å². The second kappa shape index (κ2) is 11.1. The fourth-order valence-corrected chi connectivity index (χ4v) is 2.83. The molecule has 0 aliphatic heterocycles. The van der Waals surface area contributed by atoms with Crippen molar-refractivity contribution in [2.45, 2.75) is 46.6 Å². The van der Waals surface area contributed by atoms with Gasteiger partial charge in [0, 0.05) is 0 Å². The third-order valence-corrected chi connectivity index (χ3v) is 3.76. The highest BCUT2D eigenvalue weighted by molar-refractivity contribution is 9.11. The summed E-state index contributed by atoms with van der Waals surface area (Å²) >= 11 is 4.37. The minimum absolute atomic E-state index is 0.264. The number of hydrogen-bond acceptors (Lipinski definition) is 6. The average molecular weight is 437 g/mol. The molecule has 0 aliphatic carbocycles. The Morgan fingerprint density at radius 3 is 2.28 bits per heavy atom. The van der Waals surface area contributed by atoms with Gasteiger partial charge in [-0.05, 0) is 42.8 Å². The van der Waals surface area contributed by atoms with E-state index in [0.717, 1.165) is 11.3 Å². The van der Waals surface area contributed by atoms with Crippen molar-refractivity contribution in [3.63, 3.8) is 0 Å². The summed E-state index contributed by atoms with van der Waals surface area (Å²) in [5, 5.41) is 4.87. The van der Waals surface area contributed by atoms with Gasteiger partial charge in [0.1, 0.15) is 17.0 Å². The van der Waals surface area contributed by atoms with Crippen molar-refractivity contribution in [2.75, 3.05) is 19.0 Å². The molecule has 0 unspecified atom stereocenters. The molecule has 142 valence electrons. The van der Waals surface area contributed by atoms with E-state index in [2.05, 4.69) is 45.1 Å². The van der Waals surface area contributed by atoms with Gasteiger partial charge in [-0.3, -0.25) is 4.79 Å². The Bertz CT molecular complexity index is 596. The molecule has 1 aromatic rings. The fourth-order valence-electron chi connectivity index (χ4n) is 1.36. The molecule has 0 fully saturated rings. The number of esters is 1. The summed E-state index contributed by atoms with van der Waals surface area (Å²) in [7, 11) is 1.26. The molecule has 0 aliphatic rings. The van der Waals surface area contributed by atoms with Gasteiger partial charge in [0.05, 0.1) is 16.6 Å². The van der Waals surface area contributed by atoms with E-state index in [1.807, 2.05) is 0 Å². The van der Waals surface area contributed by atoms with Crippen molar-refractivity contribution in [1.82, 2.24) is 5.32 Å². The third-order valence-electron chi connectivity index (χ3n) is 2.14. The molecule has 2 N–H and O–H groups in total. The average Bonchev–Trinajstić information content (AvgIpc) is 2.84. The van der Waals surface area contributed by atoms with Crippen LogP contribution >= 0.6 is 27.3 Å². The maximum absolute atomic E-state index is 11.8. The number of hydrogen-bond donors (Lipinski definition) is 2. The topological polar surface area (TPSA) is 93.7 Å². The maximum Gasteiger partial charge on any atom is 0.408 e. The Hall–Kier alpha value is -1.61. The third kappa shape index (κ3) is 10.1. The van der Waals surface area contributed by atoms with E-state index in [9.17, 15) is 14.4 Å². The van der Waals surface area contributed by atoms with Crippen LogP contribution in [0.15, 0.2) is 9.85 Å². The van der Waals surface area contributed by atoms with Crippen LogP contribution in [0.2, 0.25) is 0 Å². The number of nitrogens with one attached hydrogen (secondary N) is 2. The molecule has 0 spiro atoms. The number of alkyl carbamates (subject to hydrolysis) is 1. The maximum atomic E-state index is 11.8. The predicted octanol–water partition coefficient (Wildman–Crippen LogP) is 4.18.